The average Bonchev–Trinajstić information content (AvgIpc) is 3.10. The van der Waals surface area contributed by atoms with Crippen LogP contribution in [0.1, 0.15) is 48.1 Å². The number of imide groups is 1. The van der Waals surface area contributed by atoms with Gasteiger partial charge in [-0.05, 0) is 36.2 Å². The van der Waals surface area contributed by atoms with Crippen LogP contribution in [0, 0.1) is 5.82 Å². The molecule has 3 aliphatic rings. The number of carbonyl (C=O) groups is 3. The SMILES string of the molecule is [2H]C([2H])(Oc1cccc2c1C([2H])([2H])N(C1CCC(=O)NC1=O)C2=O)c1cc(C([2H])([2H])N2CCOCC2)ccc1F. The Morgan fingerprint density at radius 1 is 1.21 bits per heavy atom. The van der Waals surface area contributed by atoms with E-state index in [4.69, 9.17) is 17.7 Å². The van der Waals surface area contributed by atoms with E-state index in [1.807, 2.05) is 0 Å². The second-order valence-corrected chi connectivity index (χ2v) is 8.04. The molecule has 3 amide bonds. The minimum absolute atomic E-state index is 0.00823. The van der Waals surface area contributed by atoms with Crippen LogP contribution in [0.15, 0.2) is 36.4 Å². The fourth-order valence-electron chi connectivity index (χ4n) is 4.00. The molecule has 3 aliphatic heterocycles. The third-order valence-corrected chi connectivity index (χ3v) is 5.77. The van der Waals surface area contributed by atoms with Crippen LogP contribution in [-0.4, -0.2) is 59.9 Å². The number of carbonyl (C=O) groups excluding carboxylic acids is 3. The third kappa shape index (κ3) is 4.53. The van der Waals surface area contributed by atoms with Crippen LogP contribution in [0.4, 0.5) is 4.39 Å². The number of morpholine rings is 1. The van der Waals surface area contributed by atoms with Crippen LogP contribution in [0.5, 0.6) is 5.75 Å². The first-order valence-corrected chi connectivity index (χ1v) is 10.9. The van der Waals surface area contributed by atoms with Gasteiger partial charge in [0.1, 0.15) is 24.2 Å². The number of hydrogen-bond donors (Lipinski definition) is 1. The number of hydrogen-bond acceptors (Lipinski definition) is 6. The van der Waals surface area contributed by atoms with E-state index in [1.165, 1.54) is 29.2 Å². The van der Waals surface area contributed by atoms with E-state index < -0.39 is 60.4 Å². The summed E-state index contributed by atoms with van der Waals surface area (Å²) in [6.45, 7) is -6.42. The lowest BCUT2D eigenvalue weighted by Gasteiger charge is -2.29. The Balaban J connectivity index is 1.49. The van der Waals surface area contributed by atoms with E-state index in [0.717, 1.165) is 12.1 Å². The third-order valence-electron chi connectivity index (χ3n) is 5.77. The zero-order valence-corrected chi connectivity index (χ0v) is 18.1. The molecule has 9 heteroatoms. The first kappa shape index (κ1) is 16.3. The average molecular weight is 474 g/mol. The minimum atomic E-state index is -2.92. The van der Waals surface area contributed by atoms with Crippen molar-refractivity contribution in [1.29, 1.82) is 0 Å². The first-order chi connectivity index (χ1) is 18.7. The van der Waals surface area contributed by atoms with Gasteiger partial charge in [-0.1, -0.05) is 12.1 Å². The molecule has 1 unspecified atom stereocenters. The Hall–Kier alpha value is -3.30. The van der Waals surface area contributed by atoms with Gasteiger partial charge in [-0.25, -0.2) is 4.39 Å². The first-order valence-electron chi connectivity index (χ1n) is 13.9. The Labute approximate surface area is 205 Å². The molecule has 2 saturated heterocycles. The Morgan fingerprint density at radius 2 is 2.03 bits per heavy atom. The largest absolute Gasteiger partial charge is 0.488 e. The zero-order valence-electron chi connectivity index (χ0n) is 24.1. The number of halogens is 1. The second kappa shape index (κ2) is 9.52. The summed E-state index contributed by atoms with van der Waals surface area (Å²) in [5.74, 6) is -3.61. The fourth-order valence-corrected chi connectivity index (χ4v) is 4.00. The highest BCUT2D eigenvalue weighted by molar-refractivity contribution is 6.05. The standard InChI is InChI=1S/C25H26FN3O5/c26-20-5-4-16(13-28-8-10-33-11-9-28)12-17(20)15-34-22-3-1-2-18-19(22)14-29(25(18)32)21-6-7-23(30)27-24(21)31/h1-5,12,21H,6-11,13-15H2,(H,27,30,31)/i13D2,14D2,15D2. The summed E-state index contributed by atoms with van der Waals surface area (Å²) < 4.78 is 77.5. The summed E-state index contributed by atoms with van der Waals surface area (Å²) in [6, 6.07) is 5.78. The maximum atomic E-state index is 15.0. The quantitative estimate of drug-likeness (QED) is 0.646. The molecule has 178 valence electrons. The number of benzene rings is 2. The normalized spacial score (nSPS) is 25.9. The lowest BCUT2D eigenvalue weighted by Crippen LogP contribution is -2.52. The number of fused-ring (bicyclic) bond motifs is 1. The topological polar surface area (TPSA) is 88.2 Å². The van der Waals surface area contributed by atoms with E-state index >= 15 is 0 Å². The number of ether oxygens (including phenoxy) is 2. The van der Waals surface area contributed by atoms with Crippen molar-refractivity contribution >= 4 is 17.7 Å². The molecule has 3 heterocycles. The molecule has 0 spiro atoms. The van der Waals surface area contributed by atoms with Crippen molar-refractivity contribution in [2.45, 2.75) is 38.4 Å². The van der Waals surface area contributed by atoms with Gasteiger partial charge in [0.05, 0.1) is 25.2 Å². The van der Waals surface area contributed by atoms with Crippen LogP contribution in [-0.2, 0) is 33.9 Å². The van der Waals surface area contributed by atoms with Gasteiger partial charge in [0.25, 0.3) is 5.91 Å². The summed E-state index contributed by atoms with van der Waals surface area (Å²) in [5.41, 5.74) is -1.13. The summed E-state index contributed by atoms with van der Waals surface area (Å²) in [7, 11) is 0. The number of amides is 3. The van der Waals surface area contributed by atoms with Crippen molar-refractivity contribution < 1.29 is 36.5 Å². The summed E-state index contributed by atoms with van der Waals surface area (Å²) in [5, 5.41) is 2.10. The molecular formula is C25H26FN3O5. The molecule has 5 rings (SSSR count). The molecule has 0 aliphatic carbocycles. The lowest BCUT2D eigenvalue weighted by molar-refractivity contribution is -0.136. The highest BCUT2D eigenvalue weighted by Gasteiger charge is 2.40. The fraction of sp³-hybridized carbons (Fsp3) is 0.400. The molecule has 0 saturated carbocycles. The Morgan fingerprint density at radius 3 is 2.82 bits per heavy atom. The molecule has 0 aromatic heterocycles. The van der Waals surface area contributed by atoms with Crippen molar-refractivity contribution in [3.8, 4) is 5.75 Å². The maximum absolute atomic E-state index is 15.0. The second-order valence-electron chi connectivity index (χ2n) is 8.04. The van der Waals surface area contributed by atoms with Crippen LogP contribution < -0.4 is 10.1 Å². The highest BCUT2D eigenvalue weighted by atomic mass is 19.1. The molecule has 1 N–H and O–H groups in total. The van der Waals surface area contributed by atoms with Gasteiger partial charge in [-0.3, -0.25) is 24.6 Å². The minimum Gasteiger partial charge on any atom is -0.488 e. The van der Waals surface area contributed by atoms with Crippen molar-refractivity contribution in [3.05, 3.63) is 64.5 Å². The Kier molecular flexibility index (Phi) is 4.58. The van der Waals surface area contributed by atoms with Gasteiger partial charge in [-0.2, -0.15) is 0 Å². The highest BCUT2D eigenvalue weighted by Crippen LogP contribution is 2.34. The molecular weight excluding hydrogens is 441 g/mol. The van der Waals surface area contributed by atoms with Crippen molar-refractivity contribution in [3.63, 3.8) is 0 Å². The number of piperidine rings is 1. The van der Waals surface area contributed by atoms with Gasteiger partial charge in [0.15, 0.2) is 0 Å². The van der Waals surface area contributed by atoms with Crippen LogP contribution in [0.2, 0.25) is 0 Å². The molecule has 2 fully saturated rings. The molecule has 34 heavy (non-hydrogen) atoms. The molecule has 0 bridgehead atoms. The van der Waals surface area contributed by atoms with Gasteiger partial charge in [-0.15, -0.1) is 0 Å². The maximum Gasteiger partial charge on any atom is 0.255 e. The van der Waals surface area contributed by atoms with E-state index in [9.17, 15) is 18.8 Å². The van der Waals surface area contributed by atoms with E-state index in [2.05, 4.69) is 5.32 Å². The van der Waals surface area contributed by atoms with Crippen LogP contribution >= 0.6 is 0 Å². The van der Waals surface area contributed by atoms with Gasteiger partial charge < -0.3 is 14.4 Å². The summed E-state index contributed by atoms with van der Waals surface area (Å²) in [4.78, 5) is 39.5. The van der Waals surface area contributed by atoms with E-state index in [0.29, 0.717) is 18.1 Å². The molecule has 8 nitrogen and oxygen atoms in total. The molecule has 0 radical (unpaired) electrons. The van der Waals surface area contributed by atoms with Gasteiger partial charge >= 0.3 is 0 Å². The van der Waals surface area contributed by atoms with Crippen LogP contribution in [0.3, 0.4) is 0 Å². The monoisotopic (exact) mass is 473 g/mol. The summed E-state index contributed by atoms with van der Waals surface area (Å²) >= 11 is 0. The predicted octanol–water partition coefficient (Wildman–Crippen LogP) is 2.00. The van der Waals surface area contributed by atoms with E-state index in [1.54, 1.807) is 0 Å². The predicted molar refractivity (Wildman–Crippen MR) is 119 cm³/mol. The van der Waals surface area contributed by atoms with Crippen LogP contribution in [0.25, 0.3) is 0 Å². The lowest BCUT2D eigenvalue weighted by atomic mass is 10.0. The number of nitrogens with one attached hydrogen (secondary N) is 1. The number of rotatable bonds is 6. The summed E-state index contributed by atoms with van der Waals surface area (Å²) in [6.07, 6.45) is -0.184. The van der Waals surface area contributed by atoms with Crippen molar-refractivity contribution in [2.75, 3.05) is 26.3 Å². The molecule has 2 aromatic carbocycles. The molecule has 2 aromatic rings. The molecule has 1 atom stereocenters. The van der Waals surface area contributed by atoms with Gasteiger partial charge in [0.2, 0.25) is 11.8 Å². The zero-order chi connectivity index (χ0) is 29.0. The van der Waals surface area contributed by atoms with Crippen molar-refractivity contribution in [1.82, 2.24) is 15.1 Å². The smallest absolute Gasteiger partial charge is 0.255 e. The van der Waals surface area contributed by atoms with Gasteiger partial charge in [0, 0.05) is 45.4 Å². The van der Waals surface area contributed by atoms with Crippen molar-refractivity contribution in [2.24, 2.45) is 0 Å². The Bertz CT molecular complexity index is 1380. The number of nitrogens with zero attached hydrogens (tertiary/aromatic N) is 2. The van der Waals surface area contributed by atoms with E-state index in [-0.39, 0.29) is 42.6 Å².